The smallest absolute Gasteiger partial charge is 0.147 e. The number of para-hydroxylation sites is 1. The van der Waals surface area contributed by atoms with Crippen molar-refractivity contribution in [3.05, 3.63) is 46.3 Å². The molecule has 18 heavy (non-hydrogen) atoms. The fourth-order valence-corrected chi connectivity index (χ4v) is 3.09. The van der Waals surface area contributed by atoms with E-state index >= 15 is 0 Å². The molecule has 3 nitrogen and oxygen atoms in total. The minimum Gasteiger partial charge on any atom is -0.349 e. The number of aromatic nitrogens is 3. The molecule has 0 atom stereocenters. The summed E-state index contributed by atoms with van der Waals surface area (Å²) < 4.78 is 0.718. The SMILES string of the molecule is Clc1ncnc(Sc2cc3ccccc3[nH]2)c1Br. The lowest BCUT2D eigenvalue weighted by molar-refractivity contribution is 1.02. The van der Waals surface area contributed by atoms with E-state index in [1.54, 1.807) is 0 Å². The first-order chi connectivity index (χ1) is 8.74. The molecule has 3 aromatic rings. The molecule has 0 aliphatic rings. The molecule has 2 heterocycles. The van der Waals surface area contributed by atoms with Gasteiger partial charge in [0.25, 0.3) is 0 Å². The second kappa shape index (κ2) is 4.91. The molecule has 1 N–H and O–H groups in total. The first kappa shape index (κ1) is 12.0. The van der Waals surface area contributed by atoms with Crippen LogP contribution >= 0.6 is 39.3 Å². The van der Waals surface area contributed by atoms with Crippen molar-refractivity contribution in [2.45, 2.75) is 10.1 Å². The molecule has 2 aromatic heterocycles. The van der Waals surface area contributed by atoms with Crippen molar-refractivity contribution < 1.29 is 0 Å². The lowest BCUT2D eigenvalue weighted by Crippen LogP contribution is -1.86. The number of halogens is 2. The van der Waals surface area contributed by atoms with Gasteiger partial charge in [-0.2, -0.15) is 0 Å². The number of hydrogen-bond donors (Lipinski definition) is 1. The largest absolute Gasteiger partial charge is 0.349 e. The van der Waals surface area contributed by atoms with E-state index in [2.05, 4.69) is 43.0 Å². The second-order valence-electron chi connectivity index (χ2n) is 3.61. The average molecular weight is 341 g/mol. The Labute approximate surface area is 121 Å². The zero-order valence-electron chi connectivity index (χ0n) is 9.02. The summed E-state index contributed by atoms with van der Waals surface area (Å²) in [4.78, 5) is 11.4. The van der Waals surface area contributed by atoms with Crippen molar-refractivity contribution in [3.8, 4) is 0 Å². The molecular weight excluding hydrogens is 334 g/mol. The summed E-state index contributed by atoms with van der Waals surface area (Å²) in [6, 6.07) is 10.2. The molecule has 0 bridgehead atoms. The molecule has 0 spiro atoms. The average Bonchev–Trinajstić information content (AvgIpc) is 2.77. The molecule has 0 aliphatic carbocycles. The Kier molecular flexibility index (Phi) is 3.28. The van der Waals surface area contributed by atoms with Crippen LogP contribution in [0.1, 0.15) is 0 Å². The molecule has 0 saturated heterocycles. The standard InChI is InChI=1S/C12H7BrClN3S/c13-10-11(14)15-6-16-12(10)18-9-5-7-3-1-2-4-8(7)17-9/h1-6,17H. The number of hydrogen-bond acceptors (Lipinski definition) is 3. The summed E-state index contributed by atoms with van der Waals surface area (Å²) in [5, 5.41) is 3.41. The maximum absolute atomic E-state index is 5.94. The van der Waals surface area contributed by atoms with Crippen LogP contribution in [0, 0.1) is 0 Å². The van der Waals surface area contributed by atoms with E-state index in [0.29, 0.717) is 5.15 Å². The van der Waals surface area contributed by atoms with E-state index in [4.69, 9.17) is 11.6 Å². The maximum Gasteiger partial charge on any atom is 0.147 e. The summed E-state index contributed by atoms with van der Waals surface area (Å²) in [5.74, 6) is 0. The lowest BCUT2D eigenvalue weighted by Gasteiger charge is -2.01. The monoisotopic (exact) mass is 339 g/mol. The third-order valence-corrected chi connectivity index (χ3v) is 4.90. The number of H-pyrrole nitrogens is 1. The van der Waals surface area contributed by atoms with Crippen LogP contribution in [0.25, 0.3) is 10.9 Å². The van der Waals surface area contributed by atoms with E-state index in [0.717, 1.165) is 20.0 Å². The van der Waals surface area contributed by atoms with E-state index in [1.807, 2.05) is 18.2 Å². The molecule has 3 rings (SSSR count). The number of aromatic amines is 1. The Morgan fingerprint density at radius 3 is 2.89 bits per heavy atom. The Morgan fingerprint density at radius 2 is 2.06 bits per heavy atom. The highest BCUT2D eigenvalue weighted by Gasteiger charge is 2.10. The van der Waals surface area contributed by atoms with Crippen molar-refractivity contribution in [2.24, 2.45) is 0 Å². The Hall–Kier alpha value is -1.04. The molecular formula is C12H7BrClN3S. The van der Waals surface area contributed by atoms with Crippen LogP contribution in [-0.2, 0) is 0 Å². The minimum absolute atomic E-state index is 0.420. The second-order valence-corrected chi connectivity index (χ2v) is 5.79. The molecule has 90 valence electrons. The Balaban J connectivity index is 1.99. The fourth-order valence-electron chi connectivity index (χ4n) is 1.61. The van der Waals surface area contributed by atoms with Gasteiger partial charge in [-0.05, 0) is 28.1 Å². The van der Waals surface area contributed by atoms with Crippen molar-refractivity contribution in [1.82, 2.24) is 15.0 Å². The number of benzene rings is 1. The quantitative estimate of drug-likeness (QED) is 0.697. The molecule has 0 radical (unpaired) electrons. The first-order valence-corrected chi connectivity index (χ1v) is 7.14. The van der Waals surface area contributed by atoms with E-state index < -0.39 is 0 Å². The van der Waals surface area contributed by atoms with Gasteiger partial charge in [-0.25, -0.2) is 9.97 Å². The van der Waals surface area contributed by atoms with Crippen LogP contribution < -0.4 is 0 Å². The van der Waals surface area contributed by atoms with Crippen molar-refractivity contribution in [1.29, 1.82) is 0 Å². The third-order valence-electron chi connectivity index (χ3n) is 2.43. The van der Waals surface area contributed by atoms with Crippen LogP contribution in [-0.4, -0.2) is 15.0 Å². The number of nitrogens with one attached hydrogen (secondary N) is 1. The normalized spacial score (nSPS) is 11.0. The number of rotatable bonds is 2. The van der Waals surface area contributed by atoms with Gasteiger partial charge in [0.05, 0.1) is 9.50 Å². The molecule has 0 fully saturated rings. The van der Waals surface area contributed by atoms with Crippen molar-refractivity contribution >= 4 is 50.2 Å². The van der Waals surface area contributed by atoms with Crippen LogP contribution in [0.5, 0.6) is 0 Å². The topological polar surface area (TPSA) is 41.6 Å². The molecule has 0 saturated carbocycles. The lowest BCUT2D eigenvalue weighted by atomic mass is 10.3. The molecule has 6 heteroatoms. The Bertz CT molecular complexity index is 680. The van der Waals surface area contributed by atoms with E-state index in [-0.39, 0.29) is 0 Å². The van der Waals surface area contributed by atoms with Crippen LogP contribution in [0.15, 0.2) is 51.2 Å². The summed E-state index contributed by atoms with van der Waals surface area (Å²) >= 11 is 10.8. The van der Waals surface area contributed by atoms with E-state index in [1.165, 1.54) is 23.5 Å². The Morgan fingerprint density at radius 1 is 1.22 bits per heavy atom. The molecule has 0 unspecified atom stereocenters. The number of fused-ring (bicyclic) bond motifs is 1. The van der Waals surface area contributed by atoms with Gasteiger partial charge >= 0.3 is 0 Å². The zero-order valence-corrected chi connectivity index (χ0v) is 12.2. The zero-order chi connectivity index (χ0) is 12.5. The van der Waals surface area contributed by atoms with Gasteiger partial charge in [-0.3, -0.25) is 0 Å². The van der Waals surface area contributed by atoms with Gasteiger partial charge in [-0.15, -0.1) is 0 Å². The van der Waals surface area contributed by atoms with Crippen molar-refractivity contribution in [3.63, 3.8) is 0 Å². The highest BCUT2D eigenvalue weighted by Crippen LogP contribution is 2.35. The predicted molar refractivity (Wildman–Crippen MR) is 77.2 cm³/mol. The minimum atomic E-state index is 0.420. The summed E-state index contributed by atoms with van der Waals surface area (Å²) in [7, 11) is 0. The molecule has 1 aromatic carbocycles. The van der Waals surface area contributed by atoms with Gasteiger partial charge in [0.2, 0.25) is 0 Å². The summed E-state index contributed by atoms with van der Waals surface area (Å²) in [5.41, 5.74) is 1.11. The third kappa shape index (κ3) is 2.25. The highest BCUT2D eigenvalue weighted by atomic mass is 79.9. The maximum atomic E-state index is 5.94. The van der Waals surface area contributed by atoms with Crippen molar-refractivity contribution in [2.75, 3.05) is 0 Å². The molecule has 0 aliphatic heterocycles. The number of nitrogens with zero attached hydrogens (tertiary/aromatic N) is 2. The summed E-state index contributed by atoms with van der Waals surface area (Å²) in [6.45, 7) is 0. The van der Waals surface area contributed by atoms with E-state index in [9.17, 15) is 0 Å². The van der Waals surface area contributed by atoms with Crippen LogP contribution in [0.3, 0.4) is 0 Å². The van der Waals surface area contributed by atoms with Gasteiger partial charge < -0.3 is 4.98 Å². The first-order valence-electron chi connectivity index (χ1n) is 5.15. The van der Waals surface area contributed by atoms with Crippen LogP contribution in [0.2, 0.25) is 5.15 Å². The van der Waals surface area contributed by atoms with Gasteiger partial charge in [0.15, 0.2) is 0 Å². The predicted octanol–water partition coefficient (Wildman–Crippen LogP) is 4.53. The highest BCUT2D eigenvalue weighted by molar-refractivity contribution is 9.10. The van der Waals surface area contributed by atoms with Gasteiger partial charge in [-0.1, -0.05) is 41.6 Å². The summed E-state index contributed by atoms with van der Waals surface area (Å²) in [6.07, 6.45) is 1.46. The fraction of sp³-hybridized carbons (Fsp3) is 0. The van der Waals surface area contributed by atoms with Gasteiger partial charge in [0.1, 0.15) is 16.5 Å². The molecule has 0 amide bonds. The van der Waals surface area contributed by atoms with Crippen LogP contribution in [0.4, 0.5) is 0 Å². The van der Waals surface area contributed by atoms with Gasteiger partial charge in [0, 0.05) is 10.9 Å².